The summed E-state index contributed by atoms with van der Waals surface area (Å²) in [5.74, 6) is -0.262. The molecule has 0 bridgehead atoms. The molecule has 0 saturated heterocycles. The van der Waals surface area contributed by atoms with E-state index >= 15 is 0 Å². The maximum atomic E-state index is 12.3. The van der Waals surface area contributed by atoms with E-state index in [1.807, 2.05) is 19.1 Å². The van der Waals surface area contributed by atoms with E-state index < -0.39 is 11.6 Å². The third-order valence-corrected chi connectivity index (χ3v) is 4.73. The zero-order valence-corrected chi connectivity index (χ0v) is 16.6. The normalized spacial score (nSPS) is 11.2. The maximum absolute atomic E-state index is 12.3. The average Bonchev–Trinajstić information content (AvgIpc) is 2.57. The highest BCUT2D eigenvalue weighted by Crippen LogP contribution is 2.27. The molecule has 0 aliphatic rings. The monoisotopic (exact) mass is 404 g/mol. The summed E-state index contributed by atoms with van der Waals surface area (Å²) in [5.41, 5.74) is 3.01. The molecule has 140 valence electrons. The molecule has 0 aliphatic heterocycles. The van der Waals surface area contributed by atoms with Crippen molar-refractivity contribution < 1.29 is 13.9 Å². The minimum Gasteiger partial charge on any atom is -0.457 e. The second kappa shape index (κ2) is 7.75. The Bertz CT molecular complexity index is 1060. The molecule has 0 atom stereocenters. The third kappa shape index (κ3) is 4.34. The molecule has 0 spiro atoms. The van der Waals surface area contributed by atoms with Crippen molar-refractivity contribution in [3.63, 3.8) is 0 Å². The number of esters is 1. The van der Waals surface area contributed by atoms with E-state index in [4.69, 9.17) is 32.4 Å². The predicted molar refractivity (Wildman–Crippen MR) is 107 cm³/mol. The van der Waals surface area contributed by atoms with Gasteiger partial charge in [-0.15, -0.1) is 0 Å². The molecule has 0 aliphatic carbocycles. The smallest absolute Gasteiger partial charge is 0.338 e. The number of carbonyl (C=O) groups is 1. The molecule has 2 aromatic carbocycles. The fourth-order valence-corrected chi connectivity index (χ4v) is 3.56. The summed E-state index contributed by atoms with van der Waals surface area (Å²) in [6, 6.07) is 9.67. The summed E-state index contributed by atoms with van der Waals surface area (Å²) in [5, 5.41) is 1.44. The number of halogens is 2. The molecule has 3 aromatic rings. The maximum Gasteiger partial charge on any atom is 0.338 e. The van der Waals surface area contributed by atoms with Gasteiger partial charge in [0.15, 0.2) is 0 Å². The van der Waals surface area contributed by atoms with Gasteiger partial charge in [-0.05, 0) is 54.3 Å². The van der Waals surface area contributed by atoms with Crippen molar-refractivity contribution in [2.24, 2.45) is 0 Å². The lowest BCUT2D eigenvalue weighted by Crippen LogP contribution is -2.08. The van der Waals surface area contributed by atoms with Crippen molar-refractivity contribution in [2.45, 2.75) is 33.3 Å². The van der Waals surface area contributed by atoms with Crippen LogP contribution in [0.1, 0.15) is 46.8 Å². The van der Waals surface area contributed by atoms with Gasteiger partial charge in [-0.1, -0.05) is 37.0 Å². The highest BCUT2D eigenvalue weighted by atomic mass is 35.5. The lowest BCUT2D eigenvalue weighted by Gasteiger charge is -2.13. The van der Waals surface area contributed by atoms with Crippen LogP contribution in [0.4, 0.5) is 0 Å². The summed E-state index contributed by atoms with van der Waals surface area (Å²) < 4.78 is 10.7. The topological polar surface area (TPSA) is 56.5 Å². The van der Waals surface area contributed by atoms with E-state index in [1.54, 1.807) is 0 Å². The van der Waals surface area contributed by atoms with E-state index in [9.17, 15) is 9.59 Å². The number of carbonyl (C=O) groups excluding carboxylic acids is 1. The molecular formula is C21H18Cl2O4. The molecule has 1 heterocycles. The number of aryl methyl sites for hydroxylation is 1. The minimum atomic E-state index is -0.572. The van der Waals surface area contributed by atoms with Gasteiger partial charge in [0.05, 0.1) is 5.56 Å². The molecule has 0 fully saturated rings. The van der Waals surface area contributed by atoms with E-state index in [0.717, 1.165) is 16.5 Å². The van der Waals surface area contributed by atoms with Crippen LogP contribution in [0.25, 0.3) is 11.0 Å². The fraction of sp³-hybridized carbons (Fsp3) is 0.238. The second-order valence-corrected chi connectivity index (χ2v) is 7.56. The first-order valence-corrected chi connectivity index (χ1v) is 9.20. The minimum absolute atomic E-state index is 0.0638. The van der Waals surface area contributed by atoms with Gasteiger partial charge in [-0.25, -0.2) is 9.59 Å². The molecule has 1 aromatic heterocycles. The zero-order chi connectivity index (χ0) is 19.7. The lowest BCUT2D eigenvalue weighted by molar-refractivity contribution is 0.0474. The van der Waals surface area contributed by atoms with E-state index in [2.05, 4.69) is 13.8 Å². The number of fused-ring (bicyclic) bond motifs is 1. The van der Waals surface area contributed by atoms with Crippen molar-refractivity contribution in [3.8, 4) is 0 Å². The van der Waals surface area contributed by atoms with Crippen molar-refractivity contribution in [1.82, 2.24) is 0 Å². The van der Waals surface area contributed by atoms with E-state index in [-0.39, 0.29) is 12.2 Å². The number of hydrogen-bond acceptors (Lipinski definition) is 4. The molecule has 0 amide bonds. The number of hydrogen-bond donors (Lipinski definition) is 0. The highest BCUT2D eigenvalue weighted by molar-refractivity contribution is 6.35. The van der Waals surface area contributed by atoms with Crippen LogP contribution in [-0.4, -0.2) is 5.97 Å². The van der Waals surface area contributed by atoms with Crippen LogP contribution in [-0.2, 0) is 11.3 Å². The van der Waals surface area contributed by atoms with Gasteiger partial charge in [0.1, 0.15) is 12.2 Å². The first-order valence-electron chi connectivity index (χ1n) is 8.45. The second-order valence-electron chi connectivity index (χ2n) is 6.68. The van der Waals surface area contributed by atoms with Crippen LogP contribution in [0.5, 0.6) is 0 Å². The third-order valence-electron chi connectivity index (χ3n) is 4.30. The van der Waals surface area contributed by atoms with Crippen LogP contribution in [0.15, 0.2) is 45.6 Å². The Labute approximate surface area is 166 Å². The first kappa shape index (κ1) is 19.5. The quantitative estimate of drug-likeness (QED) is 0.401. The van der Waals surface area contributed by atoms with Crippen LogP contribution >= 0.6 is 23.2 Å². The van der Waals surface area contributed by atoms with Gasteiger partial charge in [-0.3, -0.25) is 0 Å². The van der Waals surface area contributed by atoms with Crippen LogP contribution < -0.4 is 5.63 Å². The lowest BCUT2D eigenvalue weighted by atomic mass is 9.95. The molecule has 0 unspecified atom stereocenters. The molecule has 27 heavy (non-hydrogen) atoms. The number of rotatable bonds is 4. The molecule has 6 heteroatoms. The molecule has 0 N–H and O–H groups in total. The van der Waals surface area contributed by atoms with Gasteiger partial charge in [0.25, 0.3) is 0 Å². The molecule has 3 rings (SSSR count). The zero-order valence-electron chi connectivity index (χ0n) is 15.1. The molecule has 0 saturated carbocycles. The van der Waals surface area contributed by atoms with Gasteiger partial charge in [-0.2, -0.15) is 0 Å². The summed E-state index contributed by atoms with van der Waals surface area (Å²) in [4.78, 5) is 24.2. The van der Waals surface area contributed by atoms with Crippen molar-refractivity contribution in [3.05, 3.63) is 79.1 Å². The van der Waals surface area contributed by atoms with E-state index in [0.29, 0.717) is 27.1 Å². The standard InChI is InChI=1S/C21H18Cl2O4/c1-11(2)17-9-18-14(7-20(24)27-19(18)4-12(17)3)10-26-21(25)13-5-15(22)8-16(23)6-13/h4-9,11H,10H2,1-3H3. The van der Waals surface area contributed by atoms with E-state index in [1.165, 1.54) is 24.3 Å². The van der Waals surface area contributed by atoms with Crippen LogP contribution in [0.2, 0.25) is 10.0 Å². The first-order chi connectivity index (χ1) is 12.7. The SMILES string of the molecule is Cc1cc2oc(=O)cc(COC(=O)c3cc(Cl)cc(Cl)c3)c2cc1C(C)C. The summed E-state index contributed by atoms with van der Waals surface area (Å²) in [7, 11) is 0. The number of ether oxygens (including phenoxy) is 1. The van der Waals surface area contributed by atoms with Gasteiger partial charge >= 0.3 is 11.6 Å². The van der Waals surface area contributed by atoms with Crippen LogP contribution in [0.3, 0.4) is 0 Å². The van der Waals surface area contributed by atoms with Crippen molar-refractivity contribution in [2.75, 3.05) is 0 Å². The Hall–Kier alpha value is -2.30. The summed E-state index contributed by atoms with van der Waals surface area (Å²) in [6.45, 7) is 6.10. The number of benzene rings is 2. The molecule has 4 nitrogen and oxygen atoms in total. The molecular weight excluding hydrogens is 387 g/mol. The highest BCUT2D eigenvalue weighted by Gasteiger charge is 2.14. The fourth-order valence-electron chi connectivity index (χ4n) is 3.03. The van der Waals surface area contributed by atoms with Gasteiger partial charge < -0.3 is 9.15 Å². The van der Waals surface area contributed by atoms with Gasteiger partial charge in [0.2, 0.25) is 0 Å². The van der Waals surface area contributed by atoms with Gasteiger partial charge in [0, 0.05) is 27.1 Å². The largest absolute Gasteiger partial charge is 0.457 e. The molecule has 0 radical (unpaired) electrons. The summed E-state index contributed by atoms with van der Waals surface area (Å²) in [6.07, 6.45) is 0. The van der Waals surface area contributed by atoms with Crippen LogP contribution in [0, 0.1) is 6.92 Å². The Balaban J connectivity index is 1.95. The van der Waals surface area contributed by atoms with Crippen molar-refractivity contribution >= 4 is 40.1 Å². The Morgan fingerprint density at radius 3 is 2.37 bits per heavy atom. The average molecular weight is 405 g/mol. The Morgan fingerprint density at radius 2 is 1.74 bits per heavy atom. The Morgan fingerprint density at radius 1 is 1.07 bits per heavy atom. The summed E-state index contributed by atoms with van der Waals surface area (Å²) >= 11 is 11.9. The Kier molecular flexibility index (Phi) is 5.59. The van der Waals surface area contributed by atoms with Crippen molar-refractivity contribution in [1.29, 1.82) is 0 Å². The predicted octanol–water partition coefficient (Wildman–Crippen LogP) is 5.89.